The van der Waals surface area contributed by atoms with Crippen molar-refractivity contribution in [2.45, 2.75) is 6.92 Å². The highest BCUT2D eigenvalue weighted by atomic mass is 16.5. The van der Waals surface area contributed by atoms with Crippen LogP contribution in [-0.2, 0) is 4.74 Å². The second-order valence-corrected chi connectivity index (χ2v) is 2.44. The van der Waals surface area contributed by atoms with E-state index in [0.29, 0.717) is 12.2 Å². The smallest absolute Gasteiger partial charge is 0.338 e. The van der Waals surface area contributed by atoms with E-state index in [2.05, 4.69) is 5.92 Å². The molecule has 0 spiro atoms. The van der Waals surface area contributed by atoms with Gasteiger partial charge in [0, 0.05) is 5.56 Å². The van der Waals surface area contributed by atoms with Gasteiger partial charge in [0.2, 0.25) is 0 Å². The lowest BCUT2D eigenvalue weighted by molar-refractivity contribution is 0.0526. The number of esters is 1. The Hall–Kier alpha value is -1.75. The number of hydrogen-bond acceptors (Lipinski definition) is 2. The number of benzene rings is 1. The molecule has 0 aliphatic heterocycles. The van der Waals surface area contributed by atoms with Crippen LogP contribution < -0.4 is 0 Å². The first-order valence-electron chi connectivity index (χ1n) is 4.01. The molecule has 0 saturated carbocycles. The minimum absolute atomic E-state index is 0.314. The van der Waals surface area contributed by atoms with Gasteiger partial charge >= 0.3 is 5.97 Å². The van der Waals surface area contributed by atoms with E-state index in [-0.39, 0.29) is 5.97 Å². The van der Waals surface area contributed by atoms with E-state index < -0.39 is 0 Å². The quantitative estimate of drug-likeness (QED) is 0.505. The van der Waals surface area contributed by atoms with Gasteiger partial charge in [0.25, 0.3) is 0 Å². The SMILES string of the molecule is C#Cc1ccc(C(=O)OCC)cc1. The van der Waals surface area contributed by atoms with Crippen molar-refractivity contribution in [3.8, 4) is 12.3 Å². The first kappa shape index (κ1) is 9.34. The molecule has 0 amide bonds. The summed E-state index contributed by atoms with van der Waals surface area (Å²) in [6.45, 7) is 2.16. The van der Waals surface area contributed by atoms with Crippen LogP contribution in [0.5, 0.6) is 0 Å². The van der Waals surface area contributed by atoms with Crippen molar-refractivity contribution in [1.29, 1.82) is 0 Å². The maximum Gasteiger partial charge on any atom is 0.338 e. The van der Waals surface area contributed by atoms with E-state index >= 15 is 0 Å². The van der Waals surface area contributed by atoms with Gasteiger partial charge in [-0.2, -0.15) is 0 Å². The van der Waals surface area contributed by atoms with Crippen molar-refractivity contribution in [3.05, 3.63) is 35.4 Å². The maximum absolute atomic E-state index is 11.2. The summed E-state index contributed by atoms with van der Waals surface area (Å²) < 4.78 is 4.81. The summed E-state index contributed by atoms with van der Waals surface area (Å²) in [5, 5.41) is 0. The molecule has 0 fully saturated rings. The molecule has 0 bridgehead atoms. The summed E-state index contributed by atoms with van der Waals surface area (Å²) in [5.41, 5.74) is 1.29. The standard InChI is InChI=1S/C11H10O2/c1-3-9-5-7-10(8-6-9)11(12)13-4-2/h1,5-8H,4H2,2H3. The third-order valence-electron chi connectivity index (χ3n) is 1.56. The summed E-state index contributed by atoms with van der Waals surface area (Å²) in [5.74, 6) is 2.16. The van der Waals surface area contributed by atoms with Crippen molar-refractivity contribution >= 4 is 5.97 Å². The van der Waals surface area contributed by atoms with Crippen LogP contribution in [0.15, 0.2) is 24.3 Å². The maximum atomic E-state index is 11.2. The van der Waals surface area contributed by atoms with Crippen LogP contribution in [0.25, 0.3) is 0 Å². The molecule has 13 heavy (non-hydrogen) atoms. The van der Waals surface area contributed by atoms with E-state index in [4.69, 9.17) is 11.2 Å². The first-order valence-corrected chi connectivity index (χ1v) is 4.01. The molecule has 2 heteroatoms. The van der Waals surface area contributed by atoms with Crippen LogP contribution in [0, 0.1) is 12.3 Å². The molecule has 0 unspecified atom stereocenters. The van der Waals surface area contributed by atoms with Crippen molar-refractivity contribution in [2.75, 3.05) is 6.61 Å². The topological polar surface area (TPSA) is 26.3 Å². The normalized spacial score (nSPS) is 8.92. The Morgan fingerprint density at radius 2 is 2.08 bits per heavy atom. The van der Waals surface area contributed by atoms with Gasteiger partial charge in [-0.3, -0.25) is 0 Å². The molecule has 0 heterocycles. The summed E-state index contributed by atoms with van der Waals surface area (Å²) in [6.07, 6.45) is 5.17. The number of carbonyl (C=O) groups is 1. The van der Waals surface area contributed by atoms with E-state index in [1.807, 2.05) is 0 Å². The van der Waals surface area contributed by atoms with Crippen LogP contribution in [0.2, 0.25) is 0 Å². The van der Waals surface area contributed by atoms with Crippen molar-refractivity contribution in [1.82, 2.24) is 0 Å². The Morgan fingerprint density at radius 1 is 1.46 bits per heavy atom. The molecular weight excluding hydrogens is 164 g/mol. The monoisotopic (exact) mass is 174 g/mol. The summed E-state index contributed by atoms with van der Waals surface area (Å²) in [6, 6.07) is 6.75. The first-order chi connectivity index (χ1) is 6.27. The van der Waals surface area contributed by atoms with Crippen LogP contribution in [0.4, 0.5) is 0 Å². The predicted molar refractivity (Wildman–Crippen MR) is 50.3 cm³/mol. The Morgan fingerprint density at radius 3 is 2.54 bits per heavy atom. The van der Waals surface area contributed by atoms with Crippen LogP contribution in [0.1, 0.15) is 22.8 Å². The molecular formula is C11H10O2. The lowest BCUT2D eigenvalue weighted by Crippen LogP contribution is -2.03. The second-order valence-electron chi connectivity index (χ2n) is 2.44. The van der Waals surface area contributed by atoms with Gasteiger partial charge in [0.15, 0.2) is 0 Å². The summed E-state index contributed by atoms with van der Waals surface area (Å²) in [7, 11) is 0. The van der Waals surface area contributed by atoms with Gasteiger partial charge < -0.3 is 4.74 Å². The van der Waals surface area contributed by atoms with Gasteiger partial charge in [-0.05, 0) is 31.2 Å². The third kappa shape index (κ3) is 2.34. The molecule has 0 atom stereocenters. The lowest BCUT2D eigenvalue weighted by Gasteiger charge is -2.00. The molecule has 0 radical (unpaired) electrons. The van der Waals surface area contributed by atoms with Crippen LogP contribution in [-0.4, -0.2) is 12.6 Å². The Balaban J connectivity index is 2.81. The number of ether oxygens (including phenoxy) is 1. The molecule has 0 aromatic heterocycles. The highest BCUT2D eigenvalue weighted by Gasteiger charge is 2.04. The van der Waals surface area contributed by atoms with Gasteiger partial charge in [-0.15, -0.1) is 6.42 Å². The zero-order valence-electron chi connectivity index (χ0n) is 7.41. The zero-order chi connectivity index (χ0) is 9.68. The van der Waals surface area contributed by atoms with E-state index in [1.165, 1.54) is 0 Å². The second kappa shape index (κ2) is 4.32. The minimum Gasteiger partial charge on any atom is -0.462 e. The average molecular weight is 174 g/mol. The Bertz CT molecular complexity index is 330. The lowest BCUT2D eigenvalue weighted by atomic mass is 10.1. The van der Waals surface area contributed by atoms with Crippen molar-refractivity contribution in [3.63, 3.8) is 0 Å². The molecule has 66 valence electrons. The van der Waals surface area contributed by atoms with Gasteiger partial charge in [0.05, 0.1) is 12.2 Å². The van der Waals surface area contributed by atoms with Gasteiger partial charge in [-0.1, -0.05) is 5.92 Å². The van der Waals surface area contributed by atoms with Crippen molar-refractivity contribution < 1.29 is 9.53 Å². The Labute approximate surface area is 77.5 Å². The van der Waals surface area contributed by atoms with E-state index in [0.717, 1.165) is 5.56 Å². The number of rotatable bonds is 2. The van der Waals surface area contributed by atoms with E-state index in [9.17, 15) is 4.79 Å². The van der Waals surface area contributed by atoms with Gasteiger partial charge in [0.1, 0.15) is 0 Å². The van der Waals surface area contributed by atoms with Crippen LogP contribution >= 0.6 is 0 Å². The molecule has 0 saturated heterocycles. The fourth-order valence-electron chi connectivity index (χ4n) is 0.917. The number of carbonyl (C=O) groups excluding carboxylic acids is 1. The minimum atomic E-state index is -0.314. The third-order valence-corrected chi connectivity index (χ3v) is 1.56. The zero-order valence-corrected chi connectivity index (χ0v) is 7.41. The fraction of sp³-hybridized carbons (Fsp3) is 0.182. The van der Waals surface area contributed by atoms with Crippen molar-refractivity contribution in [2.24, 2.45) is 0 Å². The fourth-order valence-corrected chi connectivity index (χ4v) is 0.917. The molecule has 0 N–H and O–H groups in total. The molecule has 0 aliphatic rings. The largest absolute Gasteiger partial charge is 0.462 e. The number of terminal acetylenes is 1. The predicted octanol–water partition coefficient (Wildman–Crippen LogP) is 1.84. The Kier molecular flexibility index (Phi) is 3.10. The van der Waals surface area contributed by atoms with E-state index in [1.54, 1.807) is 31.2 Å². The highest BCUT2D eigenvalue weighted by molar-refractivity contribution is 5.89. The summed E-state index contributed by atoms with van der Waals surface area (Å²) in [4.78, 5) is 11.2. The molecule has 1 aromatic carbocycles. The molecule has 1 aromatic rings. The van der Waals surface area contributed by atoms with Gasteiger partial charge in [-0.25, -0.2) is 4.79 Å². The highest BCUT2D eigenvalue weighted by Crippen LogP contribution is 2.04. The molecule has 0 aliphatic carbocycles. The summed E-state index contributed by atoms with van der Waals surface area (Å²) >= 11 is 0. The average Bonchev–Trinajstić information content (AvgIpc) is 2.18. The number of hydrogen-bond donors (Lipinski definition) is 0. The molecule has 2 nitrogen and oxygen atoms in total. The molecule has 1 rings (SSSR count). The van der Waals surface area contributed by atoms with Crippen LogP contribution in [0.3, 0.4) is 0 Å².